The zero-order valence-corrected chi connectivity index (χ0v) is 19.2. The highest BCUT2D eigenvalue weighted by Crippen LogP contribution is 2.25. The molecule has 0 aliphatic rings. The fourth-order valence-corrected chi connectivity index (χ4v) is 3.15. The van der Waals surface area contributed by atoms with E-state index in [0.717, 1.165) is 0 Å². The van der Waals surface area contributed by atoms with Crippen LogP contribution in [-0.2, 0) is 9.59 Å². The van der Waals surface area contributed by atoms with Crippen molar-refractivity contribution in [3.8, 4) is 11.8 Å². The molecule has 0 atom stereocenters. The fourth-order valence-electron chi connectivity index (χ4n) is 2.66. The number of rotatable bonds is 7. The van der Waals surface area contributed by atoms with Crippen molar-refractivity contribution < 1.29 is 14.3 Å². The summed E-state index contributed by atoms with van der Waals surface area (Å²) in [5, 5.41) is 15.8. The third-order valence-corrected chi connectivity index (χ3v) is 5.19. The number of amides is 2. The first kappa shape index (κ1) is 24.1. The highest BCUT2D eigenvalue weighted by atomic mass is 35.5. The lowest BCUT2D eigenvalue weighted by Crippen LogP contribution is -2.20. The third kappa shape index (κ3) is 7.26. The van der Waals surface area contributed by atoms with Crippen LogP contribution in [0, 0.1) is 11.3 Å². The van der Waals surface area contributed by atoms with Gasteiger partial charge in [0.2, 0.25) is 0 Å². The van der Waals surface area contributed by atoms with Crippen molar-refractivity contribution in [2.45, 2.75) is 0 Å². The van der Waals surface area contributed by atoms with E-state index in [0.29, 0.717) is 37.8 Å². The molecular formula is C24H16Cl3N3O3. The highest BCUT2D eigenvalue weighted by molar-refractivity contribution is 6.42. The Morgan fingerprint density at radius 2 is 1.64 bits per heavy atom. The lowest BCUT2D eigenvalue weighted by molar-refractivity contribution is -0.118. The summed E-state index contributed by atoms with van der Waals surface area (Å²) < 4.78 is 5.47. The number of hydrogen-bond acceptors (Lipinski definition) is 4. The van der Waals surface area contributed by atoms with Gasteiger partial charge < -0.3 is 15.4 Å². The second-order valence-corrected chi connectivity index (χ2v) is 7.92. The number of nitrogens with zero attached hydrogens (tertiary/aromatic N) is 1. The summed E-state index contributed by atoms with van der Waals surface area (Å²) in [6.45, 7) is -0.221. The van der Waals surface area contributed by atoms with Crippen molar-refractivity contribution in [3.05, 3.63) is 92.9 Å². The highest BCUT2D eigenvalue weighted by Gasteiger charge is 2.10. The van der Waals surface area contributed by atoms with Crippen molar-refractivity contribution in [1.29, 1.82) is 5.26 Å². The van der Waals surface area contributed by atoms with Crippen molar-refractivity contribution in [1.82, 2.24) is 0 Å². The molecule has 0 aromatic heterocycles. The SMILES string of the molecule is N#C/C(=C\c1ccc(OCC(=O)Nc2ccc(Cl)c(Cl)c2)cc1)C(=O)Nc1cccc(Cl)c1. The number of carbonyl (C=O) groups excluding carboxylic acids is 2. The minimum atomic E-state index is -0.556. The average molecular weight is 501 g/mol. The minimum absolute atomic E-state index is 0.0790. The van der Waals surface area contributed by atoms with Crippen molar-refractivity contribution in [2.24, 2.45) is 0 Å². The number of hydrogen-bond donors (Lipinski definition) is 2. The molecule has 0 radical (unpaired) electrons. The molecular weight excluding hydrogens is 485 g/mol. The van der Waals surface area contributed by atoms with Gasteiger partial charge in [0.05, 0.1) is 10.0 Å². The molecule has 3 aromatic rings. The Morgan fingerprint density at radius 3 is 2.30 bits per heavy atom. The number of anilines is 2. The van der Waals surface area contributed by atoms with E-state index in [4.69, 9.17) is 39.5 Å². The number of nitriles is 1. The van der Waals surface area contributed by atoms with Crippen LogP contribution in [0.3, 0.4) is 0 Å². The van der Waals surface area contributed by atoms with E-state index in [-0.39, 0.29) is 18.1 Å². The van der Waals surface area contributed by atoms with Gasteiger partial charge in [-0.25, -0.2) is 0 Å². The molecule has 3 rings (SSSR count). The topological polar surface area (TPSA) is 91.2 Å². The monoisotopic (exact) mass is 499 g/mol. The summed E-state index contributed by atoms with van der Waals surface area (Å²) >= 11 is 17.7. The van der Waals surface area contributed by atoms with Crippen LogP contribution in [0.5, 0.6) is 5.75 Å². The Kier molecular flexibility index (Phi) is 8.34. The Hall–Kier alpha value is -3.50. The molecule has 0 aliphatic carbocycles. The van der Waals surface area contributed by atoms with Crippen molar-refractivity contribution in [2.75, 3.05) is 17.2 Å². The molecule has 9 heteroatoms. The molecule has 0 saturated carbocycles. The largest absolute Gasteiger partial charge is 0.484 e. The van der Waals surface area contributed by atoms with Crippen LogP contribution < -0.4 is 15.4 Å². The molecule has 3 aromatic carbocycles. The van der Waals surface area contributed by atoms with Gasteiger partial charge in [-0.05, 0) is 60.2 Å². The van der Waals surface area contributed by atoms with Crippen LogP contribution in [-0.4, -0.2) is 18.4 Å². The third-order valence-electron chi connectivity index (χ3n) is 4.21. The summed E-state index contributed by atoms with van der Waals surface area (Å²) in [4.78, 5) is 24.4. The smallest absolute Gasteiger partial charge is 0.266 e. The van der Waals surface area contributed by atoms with E-state index < -0.39 is 5.91 Å². The van der Waals surface area contributed by atoms with Gasteiger partial charge in [-0.1, -0.05) is 53.0 Å². The second kappa shape index (κ2) is 11.4. The van der Waals surface area contributed by atoms with Crippen molar-refractivity contribution >= 4 is 64.1 Å². The molecule has 0 bridgehead atoms. The predicted molar refractivity (Wildman–Crippen MR) is 131 cm³/mol. The van der Waals surface area contributed by atoms with Crippen LogP contribution in [0.1, 0.15) is 5.56 Å². The molecule has 0 aliphatic heterocycles. The fraction of sp³-hybridized carbons (Fsp3) is 0.0417. The number of carbonyl (C=O) groups is 2. The second-order valence-electron chi connectivity index (χ2n) is 6.67. The van der Waals surface area contributed by atoms with Crippen LogP contribution in [0.15, 0.2) is 72.3 Å². The lowest BCUT2D eigenvalue weighted by Gasteiger charge is -2.08. The average Bonchev–Trinajstić information content (AvgIpc) is 2.79. The Morgan fingerprint density at radius 1 is 0.909 bits per heavy atom. The van der Waals surface area contributed by atoms with Crippen LogP contribution in [0.2, 0.25) is 15.1 Å². The Bertz CT molecular complexity index is 1250. The van der Waals surface area contributed by atoms with Gasteiger partial charge in [0.1, 0.15) is 17.4 Å². The van der Waals surface area contributed by atoms with Crippen LogP contribution in [0.4, 0.5) is 11.4 Å². The van der Waals surface area contributed by atoms with Crippen LogP contribution in [0.25, 0.3) is 6.08 Å². The maximum absolute atomic E-state index is 12.4. The van der Waals surface area contributed by atoms with Gasteiger partial charge in [0, 0.05) is 16.4 Å². The molecule has 33 heavy (non-hydrogen) atoms. The van der Waals surface area contributed by atoms with E-state index in [9.17, 15) is 14.9 Å². The quantitative estimate of drug-likeness (QED) is 0.298. The van der Waals surface area contributed by atoms with Crippen LogP contribution >= 0.6 is 34.8 Å². The van der Waals surface area contributed by atoms with Gasteiger partial charge in [-0.3, -0.25) is 9.59 Å². The Balaban J connectivity index is 1.57. The lowest BCUT2D eigenvalue weighted by atomic mass is 10.1. The molecule has 0 spiro atoms. The molecule has 0 heterocycles. The van der Waals surface area contributed by atoms with E-state index in [1.165, 1.54) is 12.1 Å². The first-order chi connectivity index (χ1) is 15.8. The molecule has 2 N–H and O–H groups in total. The van der Waals surface area contributed by atoms with Gasteiger partial charge in [0.25, 0.3) is 11.8 Å². The van der Waals surface area contributed by atoms with Gasteiger partial charge in [-0.2, -0.15) is 5.26 Å². The number of benzene rings is 3. The summed E-state index contributed by atoms with van der Waals surface area (Å²) in [7, 11) is 0. The van der Waals surface area contributed by atoms with Gasteiger partial charge >= 0.3 is 0 Å². The first-order valence-corrected chi connectivity index (χ1v) is 10.6. The van der Waals surface area contributed by atoms with E-state index in [1.807, 2.05) is 6.07 Å². The summed E-state index contributed by atoms with van der Waals surface area (Å²) in [5.74, 6) is -0.487. The standard InChI is InChI=1S/C24H16Cl3N3O3/c25-17-2-1-3-18(11-17)30-24(32)16(13-28)10-15-4-7-20(8-5-15)33-14-23(31)29-19-6-9-21(26)22(27)12-19/h1-12H,14H2,(H,29,31)(H,30,32)/b16-10+. The summed E-state index contributed by atoms with van der Waals surface area (Å²) in [5.41, 5.74) is 1.51. The number of nitrogens with one attached hydrogen (secondary N) is 2. The maximum Gasteiger partial charge on any atom is 0.266 e. The number of ether oxygens (including phenoxy) is 1. The number of halogens is 3. The zero-order chi connectivity index (χ0) is 23.8. The summed E-state index contributed by atoms with van der Waals surface area (Å²) in [6.07, 6.45) is 1.45. The van der Waals surface area contributed by atoms with E-state index >= 15 is 0 Å². The first-order valence-electron chi connectivity index (χ1n) is 9.50. The zero-order valence-electron chi connectivity index (χ0n) is 16.9. The minimum Gasteiger partial charge on any atom is -0.484 e. The van der Waals surface area contributed by atoms with Gasteiger partial charge in [-0.15, -0.1) is 0 Å². The van der Waals surface area contributed by atoms with Crippen molar-refractivity contribution in [3.63, 3.8) is 0 Å². The molecule has 0 saturated heterocycles. The molecule has 166 valence electrons. The predicted octanol–water partition coefficient (Wildman–Crippen LogP) is 6.21. The summed E-state index contributed by atoms with van der Waals surface area (Å²) in [6, 6.07) is 19.8. The molecule has 2 amide bonds. The Labute approximate surface area is 205 Å². The van der Waals surface area contributed by atoms with E-state index in [2.05, 4.69) is 10.6 Å². The molecule has 6 nitrogen and oxygen atoms in total. The molecule has 0 unspecified atom stereocenters. The normalized spacial score (nSPS) is 10.8. The van der Waals surface area contributed by atoms with E-state index in [1.54, 1.807) is 60.7 Å². The van der Waals surface area contributed by atoms with Gasteiger partial charge in [0.15, 0.2) is 6.61 Å². The maximum atomic E-state index is 12.4. The molecule has 0 fully saturated rings.